The molecule has 0 atom stereocenters. The number of esters is 2. The van der Waals surface area contributed by atoms with Crippen molar-refractivity contribution in [1.29, 1.82) is 0 Å². The van der Waals surface area contributed by atoms with Crippen LogP contribution < -0.4 is 4.90 Å². The van der Waals surface area contributed by atoms with Crippen LogP contribution in [-0.2, 0) is 19.1 Å². The van der Waals surface area contributed by atoms with E-state index in [1.165, 1.54) is 0 Å². The number of anilines is 2. The average molecular weight is 385 g/mol. The van der Waals surface area contributed by atoms with Crippen LogP contribution in [0.15, 0.2) is 58.3 Å². The van der Waals surface area contributed by atoms with Gasteiger partial charge in [0.05, 0.1) is 24.6 Å². The van der Waals surface area contributed by atoms with Crippen LogP contribution in [0, 0.1) is 5.92 Å². The summed E-state index contributed by atoms with van der Waals surface area (Å²) in [6, 6.07) is 16.3. The topological polar surface area (TPSA) is 55.8 Å². The third-order valence-corrected chi connectivity index (χ3v) is 5.45. The molecule has 2 aromatic carbocycles. The third kappa shape index (κ3) is 4.27. The summed E-state index contributed by atoms with van der Waals surface area (Å²) in [4.78, 5) is 29.0. The predicted molar refractivity (Wildman–Crippen MR) is 105 cm³/mol. The zero-order valence-electron chi connectivity index (χ0n) is 15.5. The summed E-state index contributed by atoms with van der Waals surface area (Å²) in [6.07, 6.45) is 0.324. The Morgan fingerprint density at radius 3 is 1.85 bits per heavy atom. The number of rotatable bonds is 7. The molecule has 0 amide bonds. The molecular formula is C21H23NO4S. The molecule has 27 heavy (non-hydrogen) atoms. The van der Waals surface area contributed by atoms with Crippen molar-refractivity contribution < 1.29 is 19.1 Å². The Hall–Kier alpha value is -2.47. The van der Waals surface area contributed by atoms with Gasteiger partial charge in [0.1, 0.15) is 0 Å². The predicted octanol–water partition coefficient (Wildman–Crippen LogP) is 4.42. The van der Waals surface area contributed by atoms with Crippen molar-refractivity contribution >= 4 is 35.1 Å². The Balaban J connectivity index is 1.85. The minimum atomic E-state index is -0.918. The van der Waals surface area contributed by atoms with E-state index < -0.39 is 17.9 Å². The van der Waals surface area contributed by atoms with Crippen LogP contribution in [0.2, 0.25) is 0 Å². The van der Waals surface area contributed by atoms with E-state index in [-0.39, 0.29) is 13.2 Å². The Labute approximate surface area is 163 Å². The van der Waals surface area contributed by atoms with E-state index in [0.29, 0.717) is 13.0 Å². The van der Waals surface area contributed by atoms with E-state index in [2.05, 4.69) is 29.2 Å². The highest BCUT2D eigenvalue weighted by Gasteiger charge is 2.31. The van der Waals surface area contributed by atoms with Crippen LogP contribution >= 0.6 is 11.8 Å². The summed E-state index contributed by atoms with van der Waals surface area (Å²) < 4.78 is 10.2. The summed E-state index contributed by atoms with van der Waals surface area (Å²) in [5.74, 6) is -1.97. The number of carbonyl (C=O) groups excluding carboxylic acids is 2. The molecule has 0 saturated carbocycles. The summed E-state index contributed by atoms with van der Waals surface area (Å²) in [5.41, 5.74) is 2.15. The first-order chi connectivity index (χ1) is 13.2. The molecule has 1 aliphatic heterocycles. The second-order valence-electron chi connectivity index (χ2n) is 6.03. The Bertz CT molecular complexity index is 760. The maximum Gasteiger partial charge on any atom is 0.320 e. The fourth-order valence-electron chi connectivity index (χ4n) is 3.10. The fraction of sp³-hybridized carbons (Fsp3) is 0.333. The van der Waals surface area contributed by atoms with Gasteiger partial charge in [0.25, 0.3) is 0 Å². The second kappa shape index (κ2) is 8.95. The molecule has 0 spiro atoms. The minimum Gasteiger partial charge on any atom is -0.465 e. The van der Waals surface area contributed by atoms with Crippen LogP contribution in [-0.4, -0.2) is 31.7 Å². The lowest BCUT2D eigenvalue weighted by Gasteiger charge is -2.33. The van der Waals surface area contributed by atoms with Crippen LogP contribution in [0.1, 0.15) is 20.3 Å². The summed E-state index contributed by atoms with van der Waals surface area (Å²) >= 11 is 1.72. The smallest absolute Gasteiger partial charge is 0.320 e. The number of hydrogen-bond donors (Lipinski definition) is 0. The molecule has 142 valence electrons. The largest absolute Gasteiger partial charge is 0.465 e. The van der Waals surface area contributed by atoms with E-state index in [1.54, 1.807) is 25.6 Å². The molecular weight excluding hydrogens is 362 g/mol. The average Bonchev–Trinajstić information content (AvgIpc) is 2.68. The van der Waals surface area contributed by atoms with E-state index in [9.17, 15) is 9.59 Å². The van der Waals surface area contributed by atoms with Crippen LogP contribution in [0.3, 0.4) is 0 Å². The molecule has 1 aliphatic rings. The van der Waals surface area contributed by atoms with Crippen molar-refractivity contribution in [3.63, 3.8) is 0 Å². The van der Waals surface area contributed by atoms with E-state index in [0.717, 1.165) is 21.2 Å². The molecule has 0 bridgehead atoms. The lowest BCUT2D eigenvalue weighted by molar-refractivity contribution is -0.161. The number of nitrogens with zero attached hydrogens (tertiary/aromatic N) is 1. The molecule has 0 N–H and O–H groups in total. The summed E-state index contributed by atoms with van der Waals surface area (Å²) in [7, 11) is 0. The molecule has 2 aromatic rings. The van der Waals surface area contributed by atoms with Crippen molar-refractivity contribution in [2.75, 3.05) is 24.7 Å². The highest BCUT2D eigenvalue weighted by Crippen LogP contribution is 2.47. The van der Waals surface area contributed by atoms with Crippen molar-refractivity contribution in [1.82, 2.24) is 0 Å². The zero-order chi connectivity index (χ0) is 19.2. The Morgan fingerprint density at radius 1 is 0.889 bits per heavy atom. The molecule has 0 fully saturated rings. The molecule has 0 unspecified atom stereocenters. The SMILES string of the molecule is CCOC(=O)C(CCN1c2ccccc2Sc2ccccc21)C(=O)OCC. The number of benzene rings is 2. The summed E-state index contributed by atoms with van der Waals surface area (Å²) in [6.45, 7) is 4.45. The van der Waals surface area contributed by atoms with Gasteiger partial charge in [-0.05, 0) is 44.5 Å². The molecule has 0 saturated heterocycles. The summed E-state index contributed by atoms with van der Waals surface area (Å²) in [5, 5.41) is 0. The number of carbonyl (C=O) groups is 2. The van der Waals surface area contributed by atoms with Crippen molar-refractivity contribution in [3.05, 3.63) is 48.5 Å². The number of hydrogen-bond acceptors (Lipinski definition) is 6. The van der Waals surface area contributed by atoms with Gasteiger partial charge in [0.2, 0.25) is 0 Å². The molecule has 0 radical (unpaired) electrons. The van der Waals surface area contributed by atoms with Crippen LogP contribution in [0.4, 0.5) is 11.4 Å². The van der Waals surface area contributed by atoms with Gasteiger partial charge in [-0.15, -0.1) is 0 Å². The first kappa shape index (κ1) is 19.3. The van der Waals surface area contributed by atoms with Gasteiger partial charge in [-0.25, -0.2) is 0 Å². The quantitative estimate of drug-likeness (QED) is 0.519. The molecule has 1 heterocycles. The number of ether oxygens (including phenoxy) is 2. The second-order valence-corrected chi connectivity index (χ2v) is 7.12. The number of para-hydroxylation sites is 2. The Morgan fingerprint density at radius 2 is 1.37 bits per heavy atom. The lowest BCUT2D eigenvalue weighted by Crippen LogP contribution is -2.32. The fourth-order valence-corrected chi connectivity index (χ4v) is 4.19. The van der Waals surface area contributed by atoms with Gasteiger partial charge < -0.3 is 14.4 Å². The minimum absolute atomic E-state index is 0.237. The molecule has 6 heteroatoms. The van der Waals surface area contributed by atoms with Crippen LogP contribution in [0.25, 0.3) is 0 Å². The standard InChI is InChI=1S/C21H23NO4S/c1-3-25-20(23)15(21(24)26-4-2)13-14-22-16-9-5-7-11-18(16)27-19-12-8-6-10-17(19)22/h5-12,15H,3-4,13-14H2,1-2H3. The monoisotopic (exact) mass is 385 g/mol. The van der Waals surface area contributed by atoms with Crippen molar-refractivity contribution in [3.8, 4) is 0 Å². The maximum absolute atomic E-state index is 12.3. The van der Waals surface area contributed by atoms with Gasteiger partial charge in [-0.2, -0.15) is 0 Å². The zero-order valence-corrected chi connectivity index (χ0v) is 16.3. The highest BCUT2D eigenvalue weighted by molar-refractivity contribution is 7.99. The third-order valence-electron chi connectivity index (χ3n) is 4.32. The first-order valence-corrected chi connectivity index (χ1v) is 9.94. The maximum atomic E-state index is 12.3. The van der Waals surface area contributed by atoms with E-state index in [4.69, 9.17) is 9.47 Å². The van der Waals surface area contributed by atoms with Gasteiger partial charge in [-0.3, -0.25) is 9.59 Å². The molecule has 5 nitrogen and oxygen atoms in total. The molecule has 3 rings (SSSR count). The van der Waals surface area contributed by atoms with Crippen molar-refractivity contribution in [2.24, 2.45) is 5.92 Å². The first-order valence-electron chi connectivity index (χ1n) is 9.12. The van der Waals surface area contributed by atoms with Gasteiger partial charge in [0, 0.05) is 16.3 Å². The van der Waals surface area contributed by atoms with Gasteiger partial charge >= 0.3 is 11.9 Å². The highest BCUT2D eigenvalue weighted by atomic mass is 32.2. The van der Waals surface area contributed by atoms with Crippen molar-refractivity contribution in [2.45, 2.75) is 30.1 Å². The van der Waals surface area contributed by atoms with Gasteiger partial charge in [0.15, 0.2) is 5.92 Å². The van der Waals surface area contributed by atoms with E-state index >= 15 is 0 Å². The molecule has 0 aliphatic carbocycles. The lowest BCUT2D eigenvalue weighted by atomic mass is 10.0. The van der Waals surface area contributed by atoms with E-state index in [1.807, 2.05) is 24.3 Å². The van der Waals surface area contributed by atoms with Crippen LogP contribution in [0.5, 0.6) is 0 Å². The normalized spacial score (nSPS) is 12.3. The number of fused-ring (bicyclic) bond motifs is 2. The molecule has 0 aromatic heterocycles. The van der Waals surface area contributed by atoms with Gasteiger partial charge in [-0.1, -0.05) is 36.0 Å². The Kier molecular flexibility index (Phi) is 6.40.